The van der Waals surface area contributed by atoms with Gasteiger partial charge >= 0.3 is 0 Å². The zero-order valence-corrected chi connectivity index (χ0v) is 5.96. The highest BCUT2D eigenvalue weighted by Gasteiger charge is 2.55. The van der Waals surface area contributed by atoms with Crippen LogP contribution in [0.4, 0.5) is 8.78 Å². The first-order valence-corrected chi connectivity index (χ1v) is 3.77. The van der Waals surface area contributed by atoms with Crippen LogP contribution in [0, 0.1) is 5.92 Å². The summed E-state index contributed by atoms with van der Waals surface area (Å²) in [6.45, 7) is -0.463. The Labute approximate surface area is 63.2 Å². The van der Waals surface area contributed by atoms with Gasteiger partial charge in [0.2, 0.25) is 0 Å². The third-order valence-corrected chi connectivity index (χ3v) is 2.51. The predicted molar refractivity (Wildman–Crippen MR) is 33.4 cm³/mol. The number of halogens is 2. The van der Waals surface area contributed by atoms with Crippen molar-refractivity contribution >= 4 is 0 Å². The lowest BCUT2D eigenvalue weighted by molar-refractivity contribution is -0.0464. The van der Waals surface area contributed by atoms with E-state index in [0.29, 0.717) is 6.42 Å². The first kappa shape index (κ1) is 7.43. The highest BCUT2D eigenvalue weighted by molar-refractivity contribution is 4.96. The fourth-order valence-electron chi connectivity index (χ4n) is 1.93. The van der Waals surface area contributed by atoms with Gasteiger partial charge in [0.1, 0.15) is 6.61 Å². The molecule has 64 valence electrons. The van der Waals surface area contributed by atoms with Gasteiger partial charge < -0.3 is 9.84 Å². The van der Waals surface area contributed by atoms with E-state index in [1.54, 1.807) is 0 Å². The van der Waals surface area contributed by atoms with E-state index in [9.17, 15) is 8.78 Å². The Morgan fingerprint density at radius 2 is 2.09 bits per heavy atom. The number of ether oxygens (including phenoxy) is 1. The molecule has 1 saturated carbocycles. The normalized spacial score (nSPS) is 47.7. The van der Waals surface area contributed by atoms with Gasteiger partial charge in [-0.05, 0) is 6.42 Å². The lowest BCUT2D eigenvalue weighted by atomic mass is 10.0. The molecule has 0 aromatic rings. The fraction of sp³-hybridized carbons (Fsp3) is 1.00. The fourth-order valence-corrected chi connectivity index (χ4v) is 1.93. The minimum atomic E-state index is -2.71. The molecule has 2 aliphatic rings. The van der Waals surface area contributed by atoms with Crippen molar-refractivity contribution in [3.8, 4) is 0 Å². The molecule has 0 unspecified atom stereocenters. The van der Waals surface area contributed by atoms with Crippen molar-refractivity contribution in [2.45, 2.75) is 31.0 Å². The van der Waals surface area contributed by atoms with Gasteiger partial charge in [0, 0.05) is 6.42 Å². The van der Waals surface area contributed by atoms with Crippen molar-refractivity contribution in [3.63, 3.8) is 0 Å². The quantitative estimate of drug-likeness (QED) is 0.573. The molecule has 1 N–H and O–H groups in total. The summed E-state index contributed by atoms with van der Waals surface area (Å²) in [6, 6.07) is 0. The molecule has 1 saturated heterocycles. The largest absolute Gasteiger partial charge is 0.393 e. The Hall–Kier alpha value is -0.220. The van der Waals surface area contributed by atoms with Crippen LogP contribution in [0.1, 0.15) is 12.8 Å². The van der Waals surface area contributed by atoms with Gasteiger partial charge in [0.15, 0.2) is 0 Å². The monoisotopic (exact) mass is 164 g/mol. The maximum Gasteiger partial charge on any atom is 0.276 e. The standard InChI is InChI=1S/C7H10F2O2/c8-7(9)3-11-6-2-4(10)1-5(6)7/h4-6,10H,1-3H2/t4-,5-,6+/m1/s1. The zero-order valence-electron chi connectivity index (χ0n) is 5.96. The molecule has 1 aliphatic carbocycles. The summed E-state index contributed by atoms with van der Waals surface area (Å²) in [5.41, 5.74) is 0. The smallest absolute Gasteiger partial charge is 0.276 e. The van der Waals surface area contributed by atoms with Gasteiger partial charge in [0.25, 0.3) is 5.92 Å². The lowest BCUT2D eigenvalue weighted by Gasteiger charge is -2.14. The van der Waals surface area contributed by atoms with E-state index in [0.717, 1.165) is 0 Å². The molecule has 0 bridgehead atoms. The Kier molecular flexibility index (Phi) is 1.44. The number of rotatable bonds is 0. The van der Waals surface area contributed by atoms with Gasteiger partial charge in [-0.25, -0.2) is 8.78 Å². The summed E-state index contributed by atoms with van der Waals surface area (Å²) in [7, 11) is 0. The van der Waals surface area contributed by atoms with Crippen molar-refractivity contribution < 1.29 is 18.6 Å². The molecule has 2 nitrogen and oxygen atoms in total. The van der Waals surface area contributed by atoms with Crippen LogP contribution in [-0.2, 0) is 4.74 Å². The van der Waals surface area contributed by atoms with Gasteiger partial charge in [-0.15, -0.1) is 0 Å². The number of fused-ring (bicyclic) bond motifs is 1. The second-order valence-corrected chi connectivity index (χ2v) is 3.34. The Balaban J connectivity index is 2.13. The van der Waals surface area contributed by atoms with Crippen LogP contribution in [0.3, 0.4) is 0 Å². The summed E-state index contributed by atoms with van der Waals surface area (Å²) in [6.07, 6.45) is -0.422. The first-order chi connectivity index (χ1) is 5.09. The van der Waals surface area contributed by atoms with Crippen LogP contribution in [-0.4, -0.2) is 29.8 Å². The molecule has 11 heavy (non-hydrogen) atoms. The number of aliphatic hydroxyl groups is 1. The third-order valence-electron chi connectivity index (χ3n) is 2.51. The van der Waals surface area contributed by atoms with Crippen molar-refractivity contribution in [2.75, 3.05) is 6.61 Å². The molecule has 2 fully saturated rings. The summed E-state index contributed by atoms with van der Waals surface area (Å²) < 4.78 is 30.5. The topological polar surface area (TPSA) is 29.5 Å². The van der Waals surface area contributed by atoms with E-state index >= 15 is 0 Å². The van der Waals surface area contributed by atoms with Gasteiger partial charge in [-0.1, -0.05) is 0 Å². The second kappa shape index (κ2) is 2.14. The molecule has 2 rings (SSSR count). The summed E-state index contributed by atoms with van der Waals surface area (Å²) in [4.78, 5) is 0. The SMILES string of the molecule is O[C@H]1C[C@@H]2OCC(F)(F)[C@@H]2C1. The lowest BCUT2D eigenvalue weighted by Crippen LogP contribution is -2.27. The van der Waals surface area contributed by atoms with E-state index in [1.807, 2.05) is 0 Å². The minimum Gasteiger partial charge on any atom is -0.393 e. The van der Waals surface area contributed by atoms with Crippen molar-refractivity contribution in [1.82, 2.24) is 0 Å². The molecule has 1 heterocycles. The number of alkyl halides is 2. The summed E-state index contributed by atoms with van der Waals surface area (Å²) >= 11 is 0. The van der Waals surface area contributed by atoms with E-state index in [-0.39, 0.29) is 6.42 Å². The molecule has 0 spiro atoms. The average Bonchev–Trinajstić information content (AvgIpc) is 2.35. The second-order valence-electron chi connectivity index (χ2n) is 3.34. The highest BCUT2D eigenvalue weighted by atomic mass is 19.3. The van der Waals surface area contributed by atoms with Crippen LogP contribution in [0.2, 0.25) is 0 Å². The van der Waals surface area contributed by atoms with Crippen LogP contribution < -0.4 is 0 Å². The number of aliphatic hydroxyl groups excluding tert-OH is 1. The van der Waals surface area contributed by atoms with Crippen molar-refractivity contribution in [1.29, 1.82) is 0 Å². The molecular formula is C7H10F2O2. The molecule has 0 aromatic carbocycles. The Morgan fingerprint density at radius 3 is 2.73 bits per heavy atom. The maximum absolute atomic E-state index is 12.8. The van der Waals surface area contributed by atoms with Crippen LogP contribution in [0.5, 0.6) is 0 Å². The Bertz CT molecular complexity index is 172. The molecule has 0 aromatic heterocycles. The highest BCUT2D eigenvalue weighted by Crippen LogP contribution is 2.45. The number of hydrogen-bond acceptors (Lipinski definition) is 2. The van der Waals surface area contributed by atoms with Crippen molar-refractivity contribution in [3.05, 3.63) is 0 Å². The third kappa shape index (κ3) is 1.05. The molecule has 1 aliphatic heterocycles. The zero-order chi connectivity index (χ0) is 8.06. The summed E-state index contributed by atoms with van der Waals surface area (Å²) in [5.74, 6) is -3.44. The van der Waals surface area contributed by atoms with Gasteiger partial charge in [0.05, 0.1) is 18.1 Å². The molecular weight excluding hydrogens is 154 g/mol. The van der Waals surface area contributed by atoms with Gasteiger partial charge in [-0.2, -0.15) is 0 Å². The molecule has 4 heteroatoms. The average molecular weight is 164 g/mol. The Morgan fingerprint density at radius 1 is 1.36 bits per heavy atom. The summed E-state index contributed by atoms with van der Waals surface area (Å²) in [5, 5.41) is 9.05. The van der Waals surface area contributed by atoms with E-state index in [1.165, 1.54) is 0 Å². The van der Waals surface area contributed by atoms with Crippen molar-refractivity contribution in [2.24, 2.45) is 5.92 Å². The number of hydrogen-bond donors (Lipinski definition) is 1. The van der Waals surface area contributed by atoms with Gasteiger partial charge in [-0.3, -0.25) is 0 Å². The van der Waals surface area contributed by atoms with E-state index < -0.39 is 30.7 Å². The minimum absolute atomic E-state index is 0.192. The van der Waals surface area contributed by atoms with Crippen LogP contribution in [0.15, 0.2) is 0 Å². The molecule has 0 amide bonds. The molecule has 0 radical (unpaired) electrons. The molecule has 3 atom stereocenters. The van der Waals surface area contributed by atoms with Crippen LogP contribution >= 0.6 is 0 Å². The van der Waals surface area contributed by atoms with E-state index in [2.05, 4.69) is 0 Å². The predicted octanol–water partition coefficient (Wildman–Crippen LogP) is 0.791. The van der Waals surface area contributed by atoms with Crippen LogP contribution in [0.25, 0.3) is 0 Å². The van der Waals surface area contributed by atoms with E-state index in [4.69, 9.17) is 9.84 Å². The first-order valence-electron chi connectivity index (χ1n) is 3.77. The maximum atomic E-state index is 12.8.